The molecule has 0 radical (unpaired) electrons. The number of nitrogens with zero attached hydrogens (tertiary/aromatic N) is 1. The third kappa shape index (κ3) is 7.77. The van der Waals surface area contributed by atoms with Crippen LogP contribution < -0.4 is 14.2 Å². The normalized spacial score (nSPS) is 14.6. The predicted molar refractivity (Wildman–Crippen MR) is 142 cm³/mol. The smallest absolute Gasteiger partial charge is 0.338 e. The number of unbranched alkanes of at least 4 members (excludes halogenated alkanes) is 3. The summed E-state index contributed by atoms with van der Waals surface area (Å²) >= 11 is 0. The topological polar surface area (TPSA) is 57.2 Å². The fourth-order valence-corrected chi connectivity index (χ4v) is 4.82. The molecule has 2 aromatic rings. The number of esters is 1. The van der Waals surface area contributed by atoms with E-state index in [1.54, 1.807) is 39.5 Å². The van der Waals surface area contributed by atoms with Crippen LogP contribution in [0.1, 0.15) is 60.5 Å². The molecule has 0 aromatic heterocycles. The van der Waals surface area contributed by atoms with Crippen molar-refractivity contribution in [3.05, 3.63) is 53.1 Å². The Bertz CT molecular complexity index is 921. The van der Waals surface area contributed by atoms with Gasteiger partial charge in [-0.15, -0.1) is 12.4 Å². The molecule has 2 aromatic carbocycles. The van der Waals surface area contributed by atoms with Crippen molar-refractivity contribution < 1.29 is 23.7 Å². The Morgan fingerprint density at radius 3 is 2.40 bits per heavy atom. The van der Waals surface area contributed by atoms with E-state index in [2.05, 4.69) is 30.0 Å². The number of benzene rings is 2. The van der Waals surface area contributed by atoms with Crippen molar-refractivity contribution in [1.82, 2.24) is 4.90 Å². The third-order valence-electron chi connectivity index (χ3n) is 6.75. The van der Waals surface area contributed by atoms with E-state index in [1.165, 1.54) is 17.5 Å². The monoisotopic (exact) mass is 505 g/mol. The fraction of sp³-hybridized carbons (Fsp3) is 0.536. The number of halogens is 1. The Kier molecular flexibility index (Phi) is 12.2. The van der Waals surface area contributed by atoms with Gasteiger partial charge in [-0.1, -0.05) is 31.9 Å². The number of ether oxygens (including phenoxy) is 4. The SMILES string of the molecule is CCN(CCCCCCOC(=O)c1ccc(OC)c(OC)c1)C1CCc2cccc(OC)c2C1.Cl. The molecular weight excluding hydrogens is 466 g/mol. The largest absolute Gasteiger partial charge is 0.496 e. The van der Waals surface area contributed by atoms with Gasteiger partial charge in [0.1, 0.15) is 5.75 Å². The average molecular weight is 506 g/mol. The van der Waals surface area contributed by atoms with Gasteiger partial charge in [0.05, 0.1) is 33.5 Å². The van der Waals surface area contributed by atoms with Crippen molar-refractivity contribution >= 4 is 18.4 Å². The van der Waals surface area contributed by atoms with Gasteiger partial charge >= 0.3 is 5.97 Å². The van der Waals surface area contributed by atoms with E-state index in [4.69, 9.17) is 18.9 Å². The lowest BCUT2D eigenvalue weighted by Gasteiger charge is -2.35. The summed E-state index contributed by atoms with van der Waals surface area (Å²) in [6, 6.07) is 12.1. The minimum Gasteiger partial charge on any atom is -0.496 e. The Balaban J connectivity index is 0.00000432. The molecule has 7 heteroatoms. The quantitative estimate of drug-likeness (QED) is 0.256. The lowest BCUT2D eigenvalue weighted by molar-refractivity contribution is 0.0497. The summed E-state index contributed by atoms with van der Waals surface area (Å²) in [5, 5.41) is 0. The summed E-state index contributed by atoms with van der Waals surface area (Å²) in [5.74, 6) is 1.82. The van der Waals surface area contributed by atoms with Crippen LogP contribution in [-0.2, 0) is 17.6 Å². The van der Waals surface area contributed by atoms with Gasteiger partial charge in [-0.05, 0) is 80.6 Å². The molecule has 0 bridgehead atoms. The van der Waals surface area contributed by atoms with E-state index in [-0.39, 0.29) is 18.4 Å². The summed E-state index contributed by atoms with van der Waals surface area (Å²) in [6.07, 6.45) is 7.62. The molecule has 1 aliphatic rings. The van der Waals surface area contributed by atoms with E-state index in [1.807, 2.05) is 0 Å². The predicted octanol–water partition coefficient (Wildman–Crippen LogP) is 5.73. The molecule has 0 spiro atoms. The number of hydrogen-bond acceptors (Lipinski definition) is 6. The second-order valence-corrected chi connectivity index (χ2v) is 8.74. The number of aryl methyl sites for hydroxylation is 1. The molecule has 1 atom stereocenters. The van der Waals surface area contributed by atoms with Gasteiger partial charge in [-0.2, -0.15) is 0 Å². The minimum absolute atomic E-state index is 0. The molecule has 3 rings (SSSR count). The molecule has 35 heavy (non-hydrogen) atoms. The number of carbonyl (C=O) groups is 1. The lowest BCUT2D eigenvalue weighted by Crippen LogP contribution is -2.40. The Labute approximate surface area is 216 Å². The Morgan fingerprint density at radius 2 is 1.69 bits per heavy atom. The molecular formula is C28H40ClNO5. The molecule has 0 saturated carbocycles. The van der Waals surface area contributed by atoms with E-state index >= 15 is 0 Å². The van der Waals surface area contributed by atoms with E-state index in [9.17, 15) is 4.79 Å². The summed E-state index contributed by atoms with van der Waals surface area (Å²) in [7, 11) is 4.89. The maximum Gasteiger partial charge on any atom is 0.338 e. The van der Waals surface area contributed by atoms with Crippen molar-refractivity contribution in [3.63, 3.8) is 0 Å². The molecule has 1 unspecified atom stereocenters. The van der Waals surface area contributed by atoms with Crippen molar-refractivity contribution in [2.24, 2.45) is 0 Å². The Hall–Kier alpha value is -2.44. The van der Waals surface area contributed by atoms with E-state index in [0.717, 1.165) is 57.4 Å². The molecule has 1 aliphatic carbocycles. The zero-order valence-electron chi connectivity index (χ0n) is 21.5. The number of fused-ring (bicyclic) bond motifs is 1. The first-order valence-corrected chi connectivity index (χ1v) is 12.4. The number of methoxy groups -OCH3 is 3. The van der Waals surface area contributed by atoms with E-state index in [0.29, 0.717) is 29.7 Å². The van der Waals surface area contributed by atoms with Crippen molar-refractivity contribution in [2.45, 2.75) is 57.9 Å². The Morgan fingerprint density at radius 1 is 0.943 bits per heavy atom. The molecule has 0 aliphatic heterocycles. The molecule has 6 nitrogen and oxygen atoms in total. The van der Waals surface area contributed by atoms with Crippen molar-refractivity contribution in [1.29, 1.82) is 0 Å². The fourth-order valence-electron chi connectivity index (χ4n) is 4.82. The van der Waals surface area contributed by atoms with Gasteiger partial charge in [0.25, 0.3) is 0 Å². The highest BCUT2D eigenvalue weighted by atomic mass is 35.5. The second-order valence-electron chi connectivity index (χ2n) is 8.74. The molecule has 0 heterocycles. The second kappa shape index (κ2) is 14.8. The van der Waals surface area contributed by atoms with Crippen LogP contribution in [0, 0.1) is 0 Å². The number of likely N-dealkylation sites (N-methyl/N-ethyl adjacent to an activating group) is 1. The molecule has 0 amide bonds. The minimum atomic E-state index is -0.328. The van der Waals surface area contributed by atoms with Crippen LogP contribution in [0.25, 0.3) is 0 Å². The maximum absolute atomic E-state index is 12.3. The van der Waals surface area contributed by atoms with Gasteiger partial charge < -0.3 is 23.8 Å². The first kappa shape index (κ1) is 28.8. The average Bonchev–Trinajstić information content (AvgIpc) is 2.89. The highest BCUT2D eigenvalue weighted by Gasteiger charge is 2.25. The summed E-state index contributed by atoms with van der Waals surface area (Å²) in [6.45, 7) is 4.87. The van der Waals surface area contributed by atoms with Gasteiger partial charge in [-0.25, -0.2) is 4.79 Å². The van der Waals surface area contributed by atoms with Gasteiger partial charge in [0, 0.05) is 6.04 Å². The summed E-state index contributed by atoms with van der Waals surface area (Å²) in [5.41, 5.74) is 3.30. The first-order valence-electron chi connectivity index (χ1n) is 12.4. The zero-order chi connectivity index (χ0) is 24.3. The molecule has 194 valence electrons. The van der Waals surface area contributed by atoms with Crippen LogP contribution in [0.3, 0.4) is 0 Å². The summed E-state index contributed by atoms with van der Waals surface area (Å²) < 4.78 is 21.5. The third-order valence-corrected chi connectivity index (χ3v) is 6.75. The highest BCUT2D eigenvalue weighted by Crippen LogP contribution is 2.31. The molecule has 0 N–H and O–H groups in total. The lowest BCUT2D eigenvalue weighted by atomic mass is 9.86. The van der Waals surface area contributed by atoms with Crippen LogP contribution in [0.2, 0.25) is 0 Å². The summed E-state index contributed by atoms with van der Waals surface area (Å²) in [4.78, 5) is 14.9. The van der Waals surface area contributed by atoms with Crippen LogP contribution in [0.4, 0.5) is 0 Å². The van der Waals surface area contributed by atoms with Crippen LogP contribution >= 0.6 is 12.4 Å². The van der Waals surface area contributed by atoms with Gasteiger partial charge in [0.15, 0.2) is 11.5 Å². The molecule has 0 saturated heterocycles. The molecule has 0 fully saturated rings. The van der Waals surface area contributed by atoms with Crippen LogP contribution in [0.5, 0.6) is 17.2 Å². The first-order chi connectivity index (χ1) is 16.6. The highest BCUT2D eigenvalue weighted by molar-refractivity contribution is 5.90. The number of hydrogen-bond donors (Lipinski definition) is 0. The standard InChI is InChI=1S/C28H39NO5.ClH/c1-5-29(23-15-13-21-11-10-12-25(31-2)24(21)20-23)17-8-6-7-9-18-34-28(30)22-14-16-26(32-3)27(19-22)33-4;/h10-12,14,16,19,23H,5-9,13,15,17-18,20H2,1-4H3;1H. The van der Waals surface area contributed by atoms with Gasteiger partial charge in [-0.3, -0.25) is 0 Å². The maximum atomic E-state index is 12.3. The zero-order valence-corrected chi connectivity index (χ0v) is 22.3. The van der Waals surface area contributed by atoms with Crippen molar-refractivity contribution in [3.8, 4) is 17.2 Å². The van der Waals surface area contributed by atoms with Crippen LogP contribution in [-0.4, -0.2) is 57.9 Å². The number of rotatable bonds is 13. The number of carbonyl (C=O) groups excluding carboxylic acids is 1. The van der Waals surface area contributed by atoms with Crippen molar-refractivity contribution in [2.75, 3.05) is 41.0 Å². The van der Waals surface area contributed by atoms with Crippen LogP contribution in [0.15, 0.2) is 36.4 Å². The van der Waals surface area contributed by atoms with Gasteiger partial charge in [0.2, 0.25) is 0 Å². The van der Waals surface area contributed by atoms with E-state index < -0.39 is 0 Å².